The van der Waals surface area contributed by atoms with Crippen LogP contribution in [-0.2, 0) is 0 Å². The van der Waals surface area contributed by atoms with E-state index in [0.717, 1.165) is 23.2 Å². The second-order valence-electron chi connectivity index (χ2n) is 4.39. The normalized spacial score (nSPS) is 11.0. The largest absolute Gasteiger partial charge is 0.395 e. The molecule has 2 rings (SSSR count). The van der Waals surface area contributed by atoms with Gasteiger partial charge in [0.2, 0.25) is 5.13 Å². The van der Waals surface area contributed by atoms with Crippen LogP contribution in [0.2, 0.25) is 0 Å². The van der Waals surface area contributed by atoms with Crippen molar-refractivity contribution in [2.75, 3.05) is 31.2 Å². The molecule has 0 unspecified atom stereocenters. The first kappa shape index (κ1) is 16.9. The Kier molecular flexibility index (Phi) is 6.09. The van der Waals surface area contributed by atoms with Crippen LogP contribution in [0.4, 0.5) is 21.5 Å². The van der Waals surface area contributed by atoms with Crippen molar-refractivity contribution in [1.82, 2.24) is 4.98 Å². The lowest BCUT2D eigenvalue weighted by atomic mass is 10.2. The fourth-order valence-corrected chi connectivity index (χ4v) is 2.38. The SMILES string of the molecule is O=[N+]([O-])c1cnc(N=Nc2ccc(N(CCO)CCO)cc2)s1. The summed E-state index contributed by atoms with van der Waals surface area (Å²) in [6.45, 7) is 0.822. The number of nitrogens with zero attached hydrogens (tertiary/aromatic N) is 5. The average molecular weight is 337 g/mol. The number of thiazole rings is 1. The van der Waals surface area contributed by atoms with E-state index in [1.807, 2.05) is 4.90 Å². The van der Waals surface area contributed by atoms with Gasteiger partial charge in [-0.2, -0.15) is 0 Å². The molecule has 0 atom stereocenters. The zero-order chi connectivity index (χ0) is 16.7. The van der Waals surface area contributed by atoms with Crippen LogP contribution >= 0.6 is 11.3 Å². The topological polar surface area (TPSA) is 124 Å². The molecule has 9 nitrogen and oxygen atoms in total. The highest BCUT2D eigenvalue weighted by molar-refractivity contribution is 7.18. The molecule has 10 heteroatoms. The minimum Gasteiger partial charge on any atom is -0.395 e. The fourth-order valence-electron chi connectivity index (χ4n) is 1.83. The summed E-state index contributed by atoms with van der Waals surface area (Å²) in [5.41, 5.74) is 1.41. The van der Waals surface area contributed by atoms with Crippen LogP contribution in [0.25, 0.3) is 0 Å². The maximum Gasteiger partial charge on any atom is 0.345 e. The molecule has 23 heavy (non-hydrogen) atoms. The number of azo groups is 1. The lowest BCUT2D eigenvalue weighted by Gasteiger charge is -2.22. The number of nitro groups is 1. The summed E-state index contributed by atoms with van der Waals surface area (Å²) < 4.78 is 0. The van der Waals surface area contributed by atoms with Gasteiger partial charge in [0, 0.05) is 18.8 Å². The van der Waals surface area contributed by atoms with Crippen molar-refractivity contribution in [3.8, 4) is 0 Å². The van der Waals surface area contributed by atoms with Crippen LogP contribution < -0.4 is 4.90 Å². The number of aliphatic hydroxyl groups excluding tert-OH is 2. The number of aliphatic hydroxyl groups is 2. The molecule has 0 aliphatic heterocycles. The Morgan fingerprint density at radius 3 is 2.35 bits per heavy atom. The summed E-state index contributed by atoms with van der Waals surface area (Å²) in [7, 11) is 0. The van der Waals surface area contributed by atoms with Crippen molar-refractivity contribution < 1.29 is 15.1 Å². The van der Waals surface area contributed by atoms with E-state index in [9.17, 15) is 10.1 Å². The Morgan fingerprint density at radius 2 is 1.83 bits per heavy atom. The van der Waals surface area contributed by atoms with Gasteiger partial charge in [-0.3, -0.25) is 10.1 Å². The average Bonchev–Trinajstić information content (AvgIpc) is 3.02. The smallest absolute Gasteiger partial charge is 0.345 e. The zero-order valence-corrected chi connectivity index (χ0v) is 12.9. The number of hydrogen-bond donors (Lipinski definition) is 2. The molecular weight excluding hydrogens is 322 g/mol. The second kappa shape index (κ2) is 8.27. The van der Waals surface area contributed by atoms with Crippen molar-refractivity contribution in [3.05, 3.63) is 40.6 Å². The molecule has 0 aliphatic rings. The van der Waals surface area contributed by atoms with Crippen molar-refractivity contribution in [1.29, 1.82) is 0 Å². The monoisotopic (exact) mass is 337 g/mol. The molecule has 0 saturated carbocycles. The van der Waals surface area contributed by atoms with E-state index in [1.54, 1.807) is 24.3 Å². The van der Waals surface area contributed by atoms with Gasteiger partial charge in [-0.1, -0.05) is 0 Å². The van der Waals surface area contributed by atoms with Crippen molar-refractivity contribution >= 4 is 32.8 Å². The van der Waals surface area contributed by atoms with E-state index < -0.39 is 4.92 Å². The molecule has 0 aliphatic carbocycles. The van der Waals surface area contributed by atoms with Crippen LogP contribution in [0.1, 0.15) is 0 Å². The molecule has 2 aromatic rings. The maximum atomic E-state index is 10.6. The second-order valence-corrected chi connectivity index (χ2v) is 5.38. The Bertz CT molecular complexity index is 667. The molecule has 0 saturated heterocycles. The lowest BCUT2D eigenvalue weighted by molar-refractivity contribution is -0.380. The lowest BCUT2D eigenvalue weighted by Crippen LogP contribution is -2.29. The molecule has 0 amide bonds. The highest BCUT2D eigenvalue weighted by atomic mass is 32.1. The molecule has 2 N–H and O–H groups in total. The minimum absolute atomic E-state index is 0.00964. The van der Waals surface area contributed by atoms with Gasteiger partial charge >= 0.3 is 5.00 Å². The van der Waals surface area contributed by atoms with E-state index in [2.05, 4.69) is 15.2 Å². The fraction of sp³-hybridized carbons (Fsp3) is 0.308. The first-order chi connectivity index (χ1) is 11.1. The van der Waals surface area contributed by atoms with Crippen LogP contribution in [0, 0.1) is 10.1 Å². The predicted octanol–water partition coefficient (Wildman–Crippen LogP) is 2.26. The van der Waals surface area contributed by atoms with E-state index in [1.165, 1.54) is 0 Å². The summed E-state index contributed by atoms with van der Waals surface area (Å²) in [5, 5.41) is 36.6. The number of aromatic nitrogens is 1. The zero-order valence-electron chi connectivity index (χ0n) is 12.1. The van der Waals surface area contributed by atoms with Gasteiger partial charge < -0.3 is 15.1 Å². The Labute approximate surface area is 135 Å². The van der Waals surface area contributed by atoms with E-state index in [0.29, 0.717) is 18.8 Å². The van der Waals surface area contributed by atoms with Gasteiger partial charge in [0.25, 0.3) is 0 Å². The molecule has 1 aromatic carbocycles. The maximum absolute atomic E-state index is 10.6. The third-order valence-corrected chi connectivity index (χ3v) is 3.70. The quantitative estimate of drug-likeness (QED) is 0.432. The Balaban J connectivity index is 2.06. The molecule has 0 fully saturated rings. The van der Waals surface area contributed by atoms with Crippen LogP contribution in [0.15, 0.2) is 40.7 Å². The predicted molar refractivity (Wildman–Crippen MR) is 85.8 cm³/mol. The van der Waals surface area contributed by atoms with E-state index in [-0.39, 0.29) is 23.3 Å². The highest BCUT2D eigenvalue weighted by Crippen LogP contribution is 2.29. The minimum atomic E-state index is -0.525. The van der Waals surface area contributed by atoms with Crippen LogP contribution in [0.5, 0.6) is 0 Å². The molecule has 1 aromatic heterocycles. The van der Waals surface area contributed by atoms with Gasteiger partial charge in [0.15, 0.2) is 0 Å². The third-order valence-electron chi connectivity index (χ3n) is 2.87. The van der Waals surface area contributed by atoms with Gasteiger partial charge in [0.1, 0.15) is 6.20 Å². The Hall–Kier alpha value is -2.43. The summed E-state index contributed by atoms with van der Waals surface area (Å²) in [6.07, 6.45) is 1.14. The first-order valence-electron chi connectivity index (χ1n) is 6.72. The standard InChI is InChI=1S/C13H15N5O4S/c19-7-5-17(6-8-20)11-3-1-10(2-4-11)15-16-13-14-9-12(23-13)18(21)22/h1-4,9,19-20H,5-8H2. The van der Waals surface area contributed by atoms with E-state index >= 15 is 0 Å². The summed E-state index contributed by atoms with van der Waals surface area (Å²) in [6, 6.07) is 7.04. The highest BCUT2D eigenvalue weighted by Gasteiger charge is 2.10. The molecule has 122 valence electrons. The molecule has 0 spiro atoms. The third kappa shape index (κ3) is 4.77. The first-order valence-corrected chi connectivity index (χ1v) is 7.54. The van der Waals surface area contributed by atoms with Crippen molar-refractivity contribution in [3.63, 3.8) is 0 Å². The summed E-state index contributed by atoms with van der Waals surface area (Å²) in [4.78, 5) is 15.7. The number of anilines is 1. The summed E-state index contributed by atoms with van der Waals surface area (Å²) >= 11 is 0.847. The molecule has 1 heterocycles. The number of hydrogen-bond acceptors (Lipinski definition) is 9. The van der Waals surface area contributed by atoms with Crippen molar-refractivity contribution in [2.24, 2.45) is 10.2 Å². The van der Waals surface area contributed by atoms with E-state index in [4.69, 9.17) is 10.2 Å². The number of rotatable bonds is 8. The van der Waals surface area contributed by atoms with Crippen LogP contribution in [-0.4, -0.2) is 46.4 Å². The van der Waals surface area contributed by atoms with Gasteiger partial charge in [-0.25, -0.2) is 4.98 Å². The number of benzene rings is 1. The van der Waals surface area contributed by atoms with Gasteiger partial charge in [-0.15, -0.1) is 10.2 Å². The Morgan fingerprint density at radius 1 is 1.17 bits per heavy atom. The summed E-state index contributed by atoms with van der Waals surface area (Å²) in [5.74, 6) is 0. The van der Waals surface area contributed by atoms with Crippen molar-refractivity contribution in [2.45, 2.75) is 0 Å². The molecular formula is C13H15N5O4S. The van der Waals surface area contributed by atoms with Gasteiger partial charge in [0.05, 0.1) is 23.8 Å². The molecule has 0 radical (unpaired) electrons. The van der Waals surface area contributed by atoms with Gasteiger partial charge in [-0.05, 0) is 35.6 Å². The molecule has 0 bridgehead atoms. The van der Waals surface area contributed by atoms with Crippen LogP contribution in [0.3, 0.4) is 0 Å².